The zero-order valence-corrected chi connectivity index (χ0v) is 17.3. The highest BCUT2D eigenvalue weighted by atomic mass is 32.1. The van der Waals surface area contributed by atoms with Crippen LogP contribution in [0.2, 0.25) is 0 Å². The maximum Gasteiger partial charge on any atom is 0.267 e. The number of piperidine rings is 1. The summed E-state index contributed by atoms with van der Waals surface area (Å²) in [5, 5.41) is 3.94. The number of rotatable bonds is 5. The van der Waals surface area contributed by atoms with Gasteiger partial charge < -0.3 is 10.2 Å². The molecule has 2 heterocycles. The Labute approximate surface area is 174 Å². The molecule has 29 heavy (non-hydrogen) atoms. The van der Waals surface area contributed by atoms with Crippen molar-refractivity contribution in [3.8, 4) is 0 Å². The fourth-order valence-corrected chi connectivity index (χ4v) is 4.68. The normalized spacial score (nSPS) is 14.1. The smallest absolute Gasteiger partial charge is 0.267 e. The number of amides is 1. The van der Waals surface area contributed by atoms with E-state index in [2.05, 4.69) is 21.3 Å². The van der Waals surface area contributed by atoms with Gasteiger partial charge in [-0.3, -0.25) is 4.79 Å². The van der Waals surface area contributed by atoms with Crippen molar-refractivity contribution in [3.05, 3.63) is 75.5 Å². The number of para-hydroxylation sites is 2. The van der Waals surface area contributed by atoms with E-state index in [9.17, 15) is 9.18 Å². The summed E-state index contributed by atoms with van der Waals surface area (Å²) in [6, 6.07) is 14.4. The van der Waals surface area contributed by atoms with Gasteiger partial charge in [0.25, 0.3) is 5.91 Å². The molecule has 1 aliphatic rings. The summed E-state index contributed by atoms with van der Waals surface area (Å²) in [7, 11) is 0. The van der Waals surface area contributed by atoms with Crippen molar-refractivity contribution in [3.63, 3.8) is 0 Å². The summed E-state index contributed by atoms with van der Waals surface area (Å²) < 4.78 is 13.1. The Hall–Kier alpha value is -2.73. The van der Waals surface area contributed by atoms with Crippen molar-refractivity contribution in [1.82, 2.24) is 4.98 Å². The van der Waals surface area contributed by atoms with Gasteiger partial charge in [-0.05, 0) is 56.0 Å². The van der Waals surface area contributed by atoms with Crippen LogP contribution < -0.4 is 10.2 Å². The maximum atomic E-state index is 13.1. The lowest BCUT2D eigenvalue weighted by Crippen LogP contribution is -2.30. The van der Waals surface area contributed by atoms with Crippen LogP contribution in [0.5, 0.6) is 0 Å². The number of nitrogens with zero attached hydrogens (tertiary/aromatic N) is 2. The highest BCUT2D eigenvalue weighted by molar-refractivity contribution is 7.14. The van der Waals surface area contributed by atoms with Crippen LogP contribution in [-0.2, 0) is 6.42 Å². The SMILES string of the molecule is Cc1nc(Cc2ccc(F)cc2)sc1C(=O)Nc1ccccc1N1CCCCC1. The van der Waals surface area contributed by atoms with Gasteiger partial charge in [0.15, 0.2) is 0 Å². The van der Waals surface area contributed by atoms with E-state index in [-0.39, 0.29) is 11.7 Å². The number of nitrogens with one attached hydrogen (secondary N) is 1. The molecule has 2 aromatic carbocycles. The number of thiazole rings is 1. The van der Waals surface area contributed by atoms with Crippen molar-refractivity contribution in [1.29, 1.82) is 0 Å². The number of benzene rings is 2. The first-order valence-electron chi connectivity index (χ1n) is 9.96. The van der Waals surface area contributed by atoms with Crippen molar-refractivity contribution in [2.75, 3.05) is 23.3 Å². The van der Waals surface area contributed by atoms with Crippen LogP contribution in [-0.4, -0.2) is 24.0 Å². The Balaban J connectivity index is 1.50. The summed E-state index contributed by atoms with van der Waals surface area (Å²) in [5.74, 6) is -0.383. The van der Waals surface area contributed by atoms with E-state index in [0.717, 1.165) is 40.7 Å². The molecule has 3 aromatic rings. The third kappa shape index (κ3) is 4.65. The average Bonchev–Trinajstić information content (AvgIpc) is 3.11. The van der Waals surface area contributed by atoms with E-state index in [0.29, 0.717) is 11.3 Å². The van der Waals surface area contributed by atoms with Crippen molar-refractivity contribution in [2.24, 2.45) is 0 Å². The lowest BCUT2D eigenvalue weighted by molar-refractivity contribution is 0.103. The van der Waals surface area contributed by atoms with E-state index in [1.807, 2.05) is 25.1 Å². The third-order valence-electron chi connectivity index (χ3n) is 5.16. The Morgan fingerprint density at radius 2 is 1.83 bits per heavy atom. The highest BCUT2D eigenvalue weighted by Crippen LogP contribution is 2.30. The van der Waals surface area contributed by atoms with Crippen molar-refractivity contribution >= 4 is 28.6 Å². The van der Waals surface area contributed by atoms with Crippen LogP contribution in [0, 0.1) is 12.7 Å². The van der Waals surface area contributed by atoms with Crippen molar-refractivity contribution in [2.45, 2.75) is 32.6 Å². The Kier molecular flexibility index (Phi) is 5.90. The maximum absolute atomic E-state index is 13.1. The first-order valence-corrected chi connectivity index (χ1v) is 10.8. The molecule has 1 N–H and O–H groups in total. The summed E-state index contributed by atoms with van der Waals surface area (Å²) in [4.78, 5) is 20.5. The second-order valence-electron chi connectivity index (χ2n) is 7.34. The van der Waals surface area contributed by atoms with Gasteiger partial charge >= 0.3 is 0 Å². The molecule has 0 radical (unpaired) electrons. The van der Waals surface area contributed by atoms with E-state index in [1.165, 1.54) is 42.7 Å². The zero-order valence-electron chi connectivity index (χ0n) is 16.5. The van der Waals surface area contributed by atoms with E-state index < -0.39 is 0 Å². The number of hydrogen-bond acceptors (Lipinski definition) is 4. The van der Waals surface area contributed by atoms with E-state index in [1.54, 1.807) is 12.1 Å². The second kappa shape index (κ2) is 8.74. The molecule has 0 spiro atoms. The quantitative estimate of drug-likeness (QED) is 0.612. The molecule has 1 aromatic heterocycles. The van der Waals surface area contributed by atoms with Crippen LogP contribution >= 0.6 is 11.3 Å². The standard InChI is InChI=1S/C23H24FN3OS/c1-16-22(29-21(25-16)15-17-9-11-18(24)12-10-17)23(28)26-19-7-3-4-8-20(19)27-13-5-2-6-14-27/h3-4,7-12H,2,5-6,13-15H2,1H3,(H,26,28). The second-order valence-corrected chi connectivity index (χ2v) is 8.43. The van der Waals surface area contributed by atoms with Gasteiger partial charge in [-0.1, -0.05) is 24.3 Å². The number of carbonyl (C=O) groups is 1. The molecule has 0 saturated carbocycles. The number of anilines is 2. The minimum absolute atomic E-state index is 0.130. The fraction of sp³-hybridized carbons (Fsp3) is 0.304. The van der Waals surface area contributed by atoms with Gasteiger partial charge in [0, 0.05) is 19.5 Å². The fourth-order valence-electron chi connectivity index (χ4n) is 3.68. The van der Waals surface area contributed by atoms with Crippen LogP contribution in [0.3, 0.4) is 0 Å². The third-order valence-corrected chi connectivity index (χ3v) is 6.32. The highest BCUT2D eigenvalue weighted by Gasteiger charge is 2.19. The molecule has 1 fully saturated rings. The van der Waals surface area contributed by atoms with Crippen LogP contribution in [0.25, 0.3) is 0 Å². The zero-order chi connectivity index (χ0) is 20.2. The molecule has 6 heteroatoms. The first-order chi connectivity index (χ1) is 14.1. The minimum atomic E-state index is -0.253. The number of hydrogen-bond donors (Lipinski definition) is 1. The molecule has 1 aliphatic heterocycles. The molecule has 1 saturated heterocycles. The molecule has 1 amide bonds. The lowest BCUT2D eigenvalue weighted by atomic mass is 10.1. The predicted molar refractivity (Wildman–Crippen MR) is 117 cm³/mol. The molecule has 0 aliphatic carbocycles. The molecule has 150 valence electrons. The Morgan fingerprint density at radius 1 is 1.10 bits per heavy atom. The lowest BCUT2D eigenvalue weighted by Gasteiger charge is -2.30. The van der Waals surface area contributed by atoms with E-state index in [4.69, 9.17) is 0 Å². The number of halogens is 1. The first kappa shape index (κ1) is 19.6. The van der Waals surface area contributed by atoms with Gasteiger partial charge in [0.1, 0.15) is 10.7 Å². The average molecular weight is 410 g/mol. The topological polar surface area (TPSA) is 45.2 Å². The van der Waals surface area contributed by atoms with Crippen molar-refractivity contribution < 1.29 is 9.18 Å². The number of carbonyl (C=O) groups excluding carboxylic acids is 1. The van der Waals surface area contributed by atoms with Gasteiger partial charge in [-0.25, -0.2) is 9.37 Å². The van der Waals surface area contributed by atoms with Gasteiger partial charge in [-0.2, -0.15) is 0 Å². The summed E-state index contributed by atoms with van der Waals surface area (Å²) in [6.45, 7) is 3.90. The number of aryl methyl sites for hydroxylation is 1. The van der Waals surface area contributed by atoms with E-state index >= 15 is 0 Å². The van der Waals surface area contributed by atoms with Crippen LogP contribution in [0.15, 0.2) is 48.5 Å². The van der Waals surface area contributed by atoms with Crippen LogP contribution in [0.1, 0.15) is 45.2 Å². The minimum Gasteiger partial charge on any atom is -0.370 e. The summed E-state index contributed by atoms with van der Waals surface area (Å²) >= 11 is 1.40. The molecule has 0 atom stereocenters. The molecule has 0 unspecified atom stereocenters. The number of aromatic nitrogens is 1. The molecule has 0 bridgehead atoms. The predicted octanol–water partition coefficient (Wildman–Crippen LogP) is 5.42. The summed E-state index contributed by atoms with van der Waals surface area (Å²) in [6.07, 6.45) is 4.22. The monoisotopic (exact) mass is 409 g/mol. The van der Waals surface area contributed by atoms with Gasteiger partial charge in [-0.15, -0.1) is 11.3 Å². The van der Waals surface area contributed by atoms with Gasteiger partial charge in [0.2, 0.25) is 0 Å². The largest absolute Gasteiger partial charge is 0.370 e. The Morgan fingerprint density at radius 3 is 2.59 bits per heavy atom. The Bertz CT molecular complexity index is 994. The van der Waals surface area contributed by atoms with Gasteiger partial charge in [0.05, 0.1) is 22.1 Å². The summed E-state index contributed by atoms with van der Waals surface area (Å²) in [5.41, 5.74) is 3.61. The molecule has 4 nitrogen and oxygen atoms in total. The van der Waals surface area contributed by atoms with Crippen LogP contribution in [0.4, 0.5) is 15.8 Å². The molecular weight excluding hydrogens is 385 g/mol. The molecular formula is C23H24FN3OS. The molecule has 4 rings (SSSR count).